The van der Waals surface area contributed by atoms with Crippen molar-refractivity contribution in [3.8, 4) is 16.9 Å². The number of ether oxygens (including phenoxy) is 1. The second-order valence-electron chi connectivity index (χ2n) is 4.69. The summed E-state index contributed by atoms with van der Waals surface area (Å²) in [4.78, 5) is 4.24. The fraction of sp³-hybridized carbons (Fsp3) is 0.438. The lowest BCUT2D eigenvalue weighted by atomic mass is 10.1. The fourth-order valence-electron chi connectivity index (χ4n) is 1.98. The van der Waals surface area contributed by atoms with Crippen molar-refractivity contribution in [2.24, 2.45) is 0 Å². The van der Waals surface area contributed by atoms with E-state index in [1.165, 1.54) is 0 Å². The van der Waals surface area contributed by atoms with Crippen LogP contribution in [-0.4, -0.2) is 18.1 Å². The Morgan fingerprint density at radius 3 is 2.95 bits per heavy atom. The molecule has 0 radical (unpaired) electrons. The molecule has 0 unspecified atom stereocenters. The molecule has 2 heterocycles. The van der Waals surface area contributed by atoms with E-state index in [-0.39, 0.29) is 0 Å². The van der Waals surface area contributed by atoms with Gasteiger partial charge in [-0.2, -0.15) is 0 Å². The molecule has 0 aliphatic carbocycles. The maximum absolute atomic E-state index is 5.62. The van der Waals surface area contributed by atoms with Crippen LogP contribution in [0.15, 0.2) is 35.2 Å². The van der Waals surface area contributed by atoms with Crippen LogP contribution in [-0.2, 0) is 6.54 Å². The zero-order valence-electron chi connectivity index (χ0n) is 12.2. The van der Waals surface area contributed by atoms with Crippen molar-refractivity contribution >= 4 is 0 Å². The molecule has 0 saturated carbocycles. The predicted octanol–water partition coefficient (Wildman–Crippen LogP) is 3.63. The minimum absolute atomic E-state index is 0.710. The summed E-state index contributed by atoms with van der Waals surface area (Å²) in [5.74, 6) is 1.74. The second kappa shape index (κ2) is 7.70. The van der Waals surface area contributed by atoms with E-state index < -0.39 is 0 Å². The highest BCUT2D eigenvalue weighted by Crippen LogP contribution is 2.27. The molecular formula is C16H22N2O2. The molecule has 0 saturated heterocycles. The van der Waals surface area contributed by atoms with Crippen molar-refractivity contribution in [2.45, 2.75) is 33.2 Å². The van der Waals surface area contributed by atoms with Crippen LogP contribution in [0.3, 0.4) is 0 Å². The molecule has 0 bridgehead atoms. The van der Waals surface area contributed by atoms with Crippen LogP contribution in [0.25, 0.3) is 11.1 Å². The topological polar surface area (TPSA) is 47.3 Å². The van der Waals surface area contributed by atoms with E-state index in [0.717, 1.165) is 48.6 Å². The van der Waals surface area contributed by atoms with Gasteiger partial charge in [0, 0.05) is 17.3 Å². The van der Waals surface area contributed by atoms with Gasteiger partial charge in [-0.25, -0.2) is 0 Å². The van der Waals surface area contributed by atoms with Gasteiger partial charge in [0.05, 0.1) is 25.6 Å². The molecule has 2 aromatic rings. The number of aromatic nitrogens is 1. The first-order valence-corrected chi connectivity index (χ1v) is 7.20. The van der Waals surface area contributed by atoms with E-state index in [0.29, 0.717) is 6.61 Å². The van der Waals surface area contributed by atoms with Crippen molar-refractivity contribution in [1.29, 1.82) is 0 Å². The van der Waals surface area contributed by atoms with Crippen molar-refractivity contribution in [3.05, 3.63) is 36.5 Å². The summed E-state index contributed by atoms with van der Waals surface area (Å²) in [6.07, 6.45) is 7.40. The molecular weight excluding hydrogens is 252 g/mol. The highest BCUT2D eigenvalue weighted by atomic mass is 16.5. The van der Waals surface area contributed by atoms with E-state index in [4.69, 9.17) is 9.15 Å². The summed E-state index contributed by atoms with van der Waals surface area (Å²) in [6, 6.07) is 3.99. The van der Waals surface area contributed by atoms with Crippen LogP contribution in [0.4, 0.5) is 0 Å². The molecule has 0 fully saturated rings. The first-order valence-electron chi connectivity index (χ1n) is 7.20. The van der Waals surface area contributed by atoms with Gasteiger partial charge < -0.3 is 14.5 Å². The lowest BCUT2D eigenvalue weighted by Gasteiger charge is -2.07. The van der Waals surface area contributed by atoms with Gasteiger partial charge in [0.15, 0.2) is 0 Å². The molecule has 108 valence electrons. The van der Waals surface area contributed by atoms with Crippen LogP contribution >= 0.6 is 0 Å². The molecule has 1 N–H and O–H groups in total. The Labute approximate surface area is 120 Å². The van der Waals surface area contributed by atoms with Gasteiger partial charge in [-0.3, -0.25) is 4.98 Å². The Bertz CT molecular complexity index is 523. The van der Waals surface area contributed by atoms with Gasteiger partial charge >= 0.3 is 0 Å². The SMILES string of the molecule is CCCNCc1occc1-c1cncc(OCCC)c1. The maximum Gasteiger partial charge on any atom is 0.138 e. The van der Waals surface area contributed by atoms with E-state index in [9.17, 15) is 0 Å². The van der Waals surface area contributed by atoms with E-state index in [1.54, 1.807) is 12.5 Å². The number of nitrogens with zero attached hydrogens (tertiary/aromatic N) is 1. The highest BCUT2D eigenvalue weighted by molar-refractivity contribution is 5.65. The first-order chi connectivity index (χ1) is 9.85. The second-order valence-corrected chi connectivity index (χ2v) is 4.69. The number of furan rings is 1. The monoisotopic (exact) mass is 274 g/mol. The van der Waals surface area contributed by atoms with Crippen molar-refractivity contribution < 1.29 is 9.15 Å². The predicted molar refractivity (Wildman–Crippen MR) is 79.7 cm³/mol. The summed E-state index contributed by atoms with van der Waals surface area (Å²) < 4.78 is 11.2. The number of hydrogen-bond donors (Lipinski definition) is 1. The normalized spacial score (nSPS) is 10.7. The summed E-state index contributed by atoms with van der Waals surface area (Å²) in [7, 11) is 0. The third-order valence-corrected chi connectivity index (χ3v) is 2.95. The molecule has 0 aliphatic heterocycles. The minimum Gasteiger partial charge on any atom is -0.492 e. The van der Waals surface area contributed by atoms with Gasteiger partial charge in [0.25, 0.3) is 0 Å². The van der Waals surface area contributed by atoms with Crippen LogP contribution in [0.1, 0.15) is 32.4 Å². The van der Waals surface area contributed by atoms with Crippen molar-refractivity contribution in [2.75, 3.05) is 13.2 Å². The van der Waals surface area contributed by atoms with Crippen molar-refractivity contribution in [3.63, 3.8) is 0 Å². The quantitative estimate of drug-likeness (QED) is 0.747. The molecule has 0 atom stereocenters. The third kappa shape index (κ3) is 3.84. The minimum atomic E-state index is 0.710. The highest BCUT2D eigenvalue weighted by Gasteiger charge is 2.09. The smallest absolute Gasteiger partial charge is 0.138 e. The molecule has 20 heavy (non-hydrogen) atoms. The standard InChI is InChI=1S/C16H22N2O2/c1-3-6-17-12-16-15(5-8-20-16)13-9-14(11-18-10-13)19-7-4-2/h5,8-11,17H,3-4,6-7,12H2,1-2H3. The summed E-state index contributed by atoms with van der Waals surface area (Å²) in [5, 5.41) is 3.35. The molecule has 0 amide bonds. The average Bonchev–Trinajstić information content (AvgIpc) is 2.94. The Morgan fingerprint density at radius 2 is 2.15 bits per heavy atom. The average molecular weight is 274 g/mol. The van der Waals surface area contributed by atoms with Crippen LogP contribution in [0.2, 0.25) is 0 Å². The largest absolute Gasteiger partial charge is 0.492 e. The lowest BCUT2D eigenvalue weighted by Crippen LogP contribution is -2.13. The maximum atomic E-state index is 5.62. The summed E-state index contributed by atoms with van der Waals surface area (Å²) in [6.45, 7) is 6.66. The molecule has 0 aliphatic rings. The Kier molecular flexibility index (Phi) is 5.62. The Hall–Kier alpha value is -1.81. The molecule has 0 spiro atoms. The number of hydrogen-bond acceptors (Lipinski definition) is 4. The summed E-state index contributed by atoms with van der Waals surface area (Å²) in [5.41, 5.74) is 2.10. The van der Waals surface area contributed by atoms with Crippen LogP contribution < -0.4 is 10.1 Å². The van der Waals surface area contributed by atoms with Gasteiger partial charge in [-0.15, -0.1) is 0 Å². The number of nitrogens with one attached hydrogen (secondary N) is 1. The molecule has 2 rings (SSSR count). The molecule has 4 nitrogen and oxygen atoms in total. The summed E-state index contributed by atoms with van der Waals surface area (Å²) >= 11 is 0. The fourth-order valence-corrected chi connectivity index (χ4v) is 1.98. The number of rotatable bonds is 8. The molecule has 0 aromatic carbocycles. The van der Waals surface area contributed by atoms with E-state index in [1.807, 2.05) is 18.3 Å². The molecule has 4 heteroatoms. The zero-order valence-corrected chi connectivity index (χ0v) is 12.2. The van der Waals surface area contributed by atoms with Crippen LogP contribution in [0.5, 0.6) is 5.75 Å². The third-order valence-electron chi connectivity index (χ3n) is 2.95. The Morgan fingerprint density at radius 1 is 1.25 bits per heavy atom. The van der Waals surface area contributed by atoms with Gasteiger partial charge in [-0.05, 0) is 31.5 Å². The first kappa shape index (κ1) is 14.6. The van der Waals surface area contributed by atoms with Gasteiger partial charge in [0.2, 0.25) is 0 Å². The van der Waals surface area contributed by atoms with Gasteiger partial charge in [0.1, 0.15) is 11.5 Å². The lowest BCUT2D eigenvalue weighted by molar-refractivity contribution is 0.316. The van der Waals surface area contributed by atoms with E-state index >= 15 is 0 Å². The van der Waals surface area contributed by atoms with Crippen LogP contribution in [0, 0.1) is 0 Å². The molecule has 2 aromatic heterocycles. The van der Waals surface area contributed by atoms with Gasteiger partial charge in [-0.1, -0.05) is 13.8 Å². The number of pyridine rings is 1. The van der Waals surface area contributed by atoms with Crippen molar-refractivity contribution in [1.82, 2.24) is 10.3 Å². The van der Waals surface area contributed by atoms with E-state index in [2.05, 4.69) is 24.1 Å². The zero-order chi connectivity index (χ0) is 14.2. The Balaban J connectivity index is 2.12.